The number of hydrogen-bond donors (Lipinski definition) is 0. The zero-order valence-electron chi connectivity index (χ0n) is 19.6. The van der Waals surface area contributed by atoms with Crippen molar-refractivity contribution in [1.29, 1.82) is 0 Å². The summed E-state index contributed by atoms with van der Waals surface area (Å²) < 4.78 is 51.5. The van der Waals surface area contributed by atoms with Gasteiger partial charge in [0.25, 0.3) is 5.56 Å². The molecular formula is C26H17F3N4O5. The van der Waals surface area contributed by atoms with E-state index in [4.69, 9.17) is 9.26 Å². The molecule has 0 atom stereocenters. The number of benzene rings is 3. The molecule has 0 spiro atoms. The van der Waals surface area contributed by atoms with Crippen LogP contribution in [0.4, 0.5) is 13.2 Å². The van der Waals surface area contributed by atoms with E-state index in [-0.39, 0.29) is 46.0 Å². The molecule has 5 aromatic rings. The van der Waals surface area contributed by atoms with E-state index < -0.39 is 29.0 Å². The molecule has 0 unspecified atom stereocenters. The zero-order chi connectivity index (χ0) is 27.0. The molecule has 0 aliphatic carbocycles. The number of esters is 1. The standard InChI is InChI=1S/C26H17F3N4O5/c1-37-24(35)18-10-3-5-12-20(18)33-23(34)17-9-2-4-11-19(17)32(25(33)36)14-21-30-22(31-38-21)15-7-6-8-16(13-15)26(27,28)29/h2-13H,14H2,1H3. The summed E-state index contributed by atoms with van der Waals surface area (Å²) in [4.78, 5) is 43.5. The van der Waals surface area contributed by atoms with Gasteiger partial charge in [0.15, 0.2) is 0 Å². The number of hydrogen-bond acceptors (Lipinski definition) is 7. The van der Waals surface area contributed by atoms with E-state index >= 15 is 0 Å². The largest absolute Gasteiger partial charge is 0.465 e. The third kappa shape index (κ3) is 4.36. The summed E-state index contributed by atoms with van der Waals surface area (Å²) in [7, 11) is 1.18. The zero-order valence-corrected chi connectivity index (χ0v) is 19.6. The van der Waals surface area contributed by atoms with Crippen LogP contribution in [0.15, 0.2) is 86.9 Å². The molecule has 12 heteroatoms. The molecule has 0 saturated heterocycles. The number of fused-ring (bicyclic) bond motifs is 1. The number of methoxy groups -OCH3 is 1. The first-order valence-electron chi connectivity index (χ1n) is 11.1. The Hall–Kier alpha value is -5.00. The Bertz CT molecular complexity index is 1800. The minimum atomic E-state index is -4.55. The van der Waals surface area contributed by atoms with Gasteiger partial charge >= 0.3 is 17.8 Å². The third-order valence-corrected chi connectivity index (χ3v) is 5.81. The van der Waals surface area contributed by atoms with Crippen molar-refractivity contribution < 1.29 is 27.2 Å². The molecule has 0 bridgehead atoms. The van der Waals surface area contributed by atoms with Crippen molar-refractivity contribution in [3.63, 3.8) is 0 Å². The smallest absolute Gasteiger partial charge is 0.416 e. The quantitative estimate of drug-likeness (QED) is 0.320. The van der Waals surface area contributed by atoms with Crippen LogP contribution in [0.1, 0.15) is 21.8 Å². The van der Waals surface area contributed by atoms with Crippen LogP contribution in [0.5, 0.6) is 0 Å². The lowest BCUT2D eigenvalue weighted by Crippen LogP contribution is -2.40. The van der Waals surface area contributed by atoms with E-state index in [0.29, 0.717) is 0 Å². The minimum Gasteiger partial charge on any atom is -0.465 e. The van der Waals surface area contributed by atoms with Crippen molar-refractivity contribution in [2.45, 2.75) is 12.7 Å². The van der Waals surface area contributed by atoms with E-state index in [1.165, 1.54) is 42.0 Å². The molecule has 5 rings (SSSR count). The molecule has 0 fully saturated rings. The lowest BCUT2D eigenvalue weighted by atomic mass is 10.1. The molecule has 3 aromatic carbocycles. The fourth-order valence-corrected chi connectivity index (χ4v) is 4.04. The molecule has 2 heterocycles. The molecule has 0 amide bonds. The van der Waals surface area contributed by atoms with Gasteiger partial charge in [0.05, 0.1) is 34.8 Å². The Morgan fingerprint density at radius 2 is 1.74 bits per heavy atom. The minimum absolute atomic E-state index is 0.000606. The molecule has 192 valence electrons. The predicted molar refractivity (Wildman–Crippen MR) is 129 cm³/mol. The predicted octanol–water partition coefficient (Wildman–Crippen LogP) is 4.06. The summed E-state index contributed by atoms with van der Waals surface area (Å²) in [5, 5.41) is 3.93. The first-order valence-corrected chi connectivity index (χ1v) is 11.1. The van der Waals surface area contributed by atoms with E-state index in [1.54, 1.807) is 30.3 Å². The molecular weight excluding hydrogens is 505 g/mol. The molecule has 9 nitrogen and oxygen atoms in total. The van der Waals surface area contributed by atoms with Gasteiger partial charge in [0.2, 0.25) is 11.7 Å². The average Bonchev–Trinajstić information content (AvgIpc) is 3.39. The summed E-state index contributed by atoms with van der Waals surface area (Å²) >= 11 is 0. The van der Waals surface area contributed by atoms with E-state index in [0.717, 1.165) is 16.7 Å². The number of halogens is 3. The maximum atomic E-state index is 13.7. The van der Waals surface area contributed by atoms with Gasteiger partial charge in [-0.25, -0.2) is 14.2 Å². The fraction of sp³-hybridized carbons (Fsp3) is 0.115. The summed E-state index contributed by atoms with van der Waals surface area (Å²) in [5.41, 5.74) is -1.99. The number of para-hydroxylation sites is 2. The molecule has 0 N–H and O–H groups in total. The highest BCUT2D eigenvalue weighted by Gasteiger charge is 2.31. The van der Waals surface area contributed by atoms with Crippen molar-refractivity contribution in [2.75, 3.05) is 7.11 Å². The Morgan fingerprint density at radius 3 is 2.50 bits per heavy atom. The maximum Gasteiger partial charge on any atom is 0.416 e. The second-order valence-corrected chi connectivity index (χ2v) is 8.13. The van der Waals surface area contributed by atoms with Gasteiger partial charge in [0.1, 0.15) is 6.54 Å². The summed E-state index contributed by atoms with van der Waals surface area (Å²) in [5.74, 6) is -0.932. The SMILES string of the molecule is COC(=O)c1ccccc1-n1c(=O)c2ccccc2n(Cc2nc(-c3cccc(C(F)(F)F)c3)no2)c1=O. The van der Waals surface area contributed by atoms with Gasteiger partial charge in [-0.2, -0.15) is 18.2 Å². The van der Waals surface area contributed by atoms with Gasteiger partial charge in [-0.05, 0) is 36.4 Å². The van der Waals surface area contributed by atoms with Crippen molar-refractivity contribution in [1.82, 2.24) is 19.3 Å². The number of ether oxygens (including phenoxy) is 1. The molecule has 2 aromatic heterocycles. The van der Waals surface area contributed by atoms with Gasteiger partial charge < -0.3 is 9.26 Å². The third-order valence-electron chi connectivity index (χ3n) is 5.81. The lowest BCUT2D eigenvalue weighted by molar-refractivity contribution is -0.137. The highest BCUT2D eigenvalue weighted by molar-refractivity contribution is 5.93. The Labute approximate surface area is 211 Å². The Kier molecular flexibility index (Phi) is 6.15. The van der Waals surface area contributed by atoms with Crippen LogP contribution in [-0.4, -0.2) is 32.4 Å². The first kappa shape index (κ1) is 24.7. The van der Waals surface area contributed by atoms with Gasteiger partial charge in [-0.3, -0.25) is 9.36 Å². The first-order chi connectivity index (χ1) is 18.2. The average molecular weight is 522 g/mol. The molecule has 0 saturated carbocycles. The van der Waals surface area contributed by atoms with Gasteiger partial charge in [-0.1, -0.05) is 41.6 Å². The van der Waals surface area contributed by atoms with Crippen molar-refractivity contribution in [3.05, 3.63) is 111 Å². The van der Waals surface area contributed by atoms with Crippen molar-refractivity contribution in [3.8, 4) is 17.1 Å². The van der Waals surface area contributed by atoms with Crippen LogP contribution < -0.4 is 11.2 Å². The molecule has 0 radical (unpaired) electrons. The number of nitrogens with zero attached hydrogens (tertiary/aromatic N) is 4. The van der Waals surface area contributed by atoms with Crippen molar-refractivity contribution >= 4 is 16.9 Å². The van der Waals surface area contributed by atoms with Crippen LogP contribution in [0.2, 0.25) is 0 Å². The molecule has 38 heavy (non-hydrogen) atoms. The molecule has 0 aliphatic rings. The number of carbonyl (C=O) groups excluding carboxylic acids is 1. The fourth-order valence-electron chi connectivity index (χ4n) is 4.04. The normalized spacial score (nSPS) is 11.6. The van der Waals surface area contributed by atoms with Crippen molar-refractivity contribution in [2.24, 2.45) is 0 Å². The summed E-state index contributed by atoms with van der Waals surface area (Å²) in [6.45, 7) is -0.300. The van der Waals surface area contributed by atoms with Gasteiger partial charge in [-0.15, -0.1) is 0 Å². The Balaban J connectivity index is 1.64. The van der Waals surface area contributed by atoms with Crippen LogP contribution in [0.25, 0.3) is 28.0 Å². The van der Waals surface area contributed by atoms with Crippen LogP contribution >= 0.6 is 0 Å². The second-order valence-electron chi connectivity index (χ2n) is 8.13. The number of aromatic nitrogens is 4. The van der Waals surface area contributed by atoms with E-state index in [9.17, 15) is 27.6 Å². The summed E-state index contributed by atoms with van der Waals surface area (Å²) in [6.07, 6.45) is -4.55. The topological polar surface area (TPSA) is 109 Å². The highest BCUT2D eigenvalue weighted by atomic mass is 19.4. The summed E-state index contributed by atoms with van der Waals surface area (Å²) in [6, 6.07) is 16.7. The number of carbonyl (C=O) groups is 1. The van der Waals surface area contributed by atoms with Crippen LogP contribution in [0.3, 0.4) is 0 Å². The monoisotopic (exact) mass is 522 g/mol. The van der Waals surface area contributed by atoms with Crippen LogP contribution in [-0.2, 0) is 17.5 Å². The van der Waals surface area contributed by atoms with Gasteiger partial charge in [0, 0.05) is 5.56 Å². The van der Waals surface area contributed by atoms with E-state index in [1.807, 2.05) is 0 Å². The second kappa shape index (κ2) is 9.47. The van der Waals surface area contributed by atoms with E-state index in [2.05, 4.69) is 10.1 Å². The van der Waals surface area contributed by atoms with Crippen LogP contribution in [0, 0.1) is 0 Å². The maximum absolute atomic E-state index is 13.7. The Morgan fingerprint density at radius 1 is 1.00 bits per heavy atom. The highest BCUT2D eigenvalue weighted by Crippen LogP contribution is 2.31. The molecule has 0 aliphatic heterocycles. The number of rotatable bonds is 5. The number of alkyl halides is 3. The lowest BCUT2D eigenvalue weighted by Gasteiger charge is -2.14.